The molecule has 6 nitrogen and oxygen atoms in total. The predicted octanol–water partition coefficient (Wildman–Crippen LogP) is 4.29. The summed E-state index contributed by atoms with van der Waals surface area (Å²) in [6, 6.07) is 6.13. The predicted molar refractivity (Wildman–Crippen MR) is 117 cm³/mol. The van der Waals surface area contributed by atoms with Crippen molar-refractivity contribution in [2.45, 2.75) is 40.2 Å². The molecule has 0 bridgehead atoms. The molecule has 0 atom stereocenters. The summed E-state index contributed by atoms with van der Waals surface area (Å²) in [4.78, 5) is 22.3. The number of carbonyl (C=O) groups excluding carboxylic acids is 1. The quantitative estimate of drug-likeness (QED) is 0.595. The number of benzene rings is 1. The fraction of sp³-hybridized carbons (Fsp3) is 0.476. The third-order valence-electron chi connectivity index (χ3n) is 4.77. The molecule has 0 saturated carbocycles. The highest BCUT2D eigenvalue weighted by atomic mass is 32.1. The number of aromatic nitrogens is 3. The van der Waals surface area contributed by atoms with Gasteiger partial charge in [-0.1, -0.05) is 23.5 Å². The zero-order chi connectivity index (χ0) is 20.4. The van der Waals surface area contributed by atoms with Crippen LogP contribution in [-0.4, -0.2) is 52.8 Å². The van der Waals surface area contributed by atoms with Crippen LogP contribution in [0.3, 0.4) is 0 Å². The van der Waals surface area contributed by atoms with Gasteiger partial charge in [-0.15, -0.1) is 0 Å². The molecule has 150 valence electrons. The highest BCUT2D eigenvalue weighted by Crippen LogP contribution is 2.34. The van der Waals surface area contributed by atoms with Gasteiger partial charge in [0.15, 0.2) is 5.13 Å². The molecule has 3 aromatic rings. The smallest absolute Gasteiger partial charge is 0.278 e. The van der Waals surface area contributed by atoms with E-state index >= 15 is 0 Å². The highest BCUT2D eigenvalue weighted by molar-refractivity contribution is 7.22. The van der Waals surface area contributed by atoms with E-state index in [1.54, 1.807) is 28.3 Å². The lowest BCUT2D eigenvalue weighted by Crippen LogP contribution is -2.35. The van der Waals surface area contributed by atoms with Crippen molar-refractivity contribution < 1.29 is 4.79 Å². The standard InChI is InChI=1S/C21H29N5OS/c1-14(2)26-17(10-11-22-26)20(27)25(13-7-12-24(5)6)21-23-18-15(3)8-9-16(4)19(18)28-21/h8-11,14H,7,12-13H2,1-6H3. The highest BCUT2D eigenvalue weighted by Gasteiger charge is 2.25. The van der Waals surface area contributed by atoms with E-state index < -0.39 is 0 Å². The molecule has 7 heteroatoms. The molecule has 0 spiro atoms. The average molecular weight is 400 g/mol. The minimum Gasteiger partial charge on any atom is -0.309 e. The van der Waals surface area contributed by atoms with Crippen molar-refractivity contribution in [3.05, 3.63) is 41.2 Å². The van der Waals surface area contributed by atoms with Gasteiger partial charge in [0.05, 0.1) is 10.2 Å². The number of anilines is 1. The third kappa shape index (κ3) is 4.10. The fourth-order valence-corrected chi connectivity index (χ4v) is 4.36. The first-order valence-corrected chi connectivity index (χ1v) is 10.5. The van der Waals surface area contributed by atoms with E-state index in [1.807, 2.05) is 32.8 Å². The number of rotatable bonds is 7. The number of aryl methyl sites for hydroxylation is 2. The lowest BCUT2D eigenvalue weighted by molar-refractivity contribution is 0.0974. The lowest BCUT2D eigenvalue weighted by atomic mass is 10.1. The lowest BCUT2D eigenvalue weighted by Gasteiger charge is -2.22. The van der Waals surface area contributed by atoms with Crippen LogP contribution in [0.1, 0.15) is 47.9 Å². The first-order chi connectivity index (χ1) is 13.3. The molecule has 0 radical (unpaired) electrons. The van der Waals surface area contributed by atoms with Crippen LogP contribution in [0.15, 0.2) is 24.4 Å². The van der Waals surface area contributed by atoms with Gasteiger partial charge in [0.1, 0.15) is 5.69 Å². The number of thiazole rings is 1. The molecule has 0 fully saturated rings. The van der Waals surface area contributed by atoms with Gasteiger partial charge >= 0.3 is 0 Å². The maximum absolute atomic E-state index is 13.5. The maximum atomic E-state index is 13.5. The summed E-state index contributed by atoms with van der Waals surface area (Å²) in [5, 5.41) is 5.09. The van der Waals surface area contributed by atoms with Crippen LogP contribution in [0.4, 0.5) is 5.13 Å². The molecular weight excluding hydrogens is 370 g/mol. The summed E-state index contributed by atoms with van der Waals surface area (Å²) in [5.74, 6) is -0.0423. The molecular formula is C21H29N5OS. The number of carbonyl (C=O) groups is 1. The van der Waals surface area contributed by atoms with Gasteiger partial charge in [0.2, 0.25) is 0 Å². The summed E-state index contributed by atoms with van der Waals surface area (Å²) in [6.45, 7) is 9.76. The molecule has 0 unspecified atom stereocenters. The zero-order valence-electron chi connectivity index (χ0n) is 17.6. The van der Waals surface area contributed by atoms with Crippen molar-refractivity contribution in [2.24, 2.45) is 0 Å². The molecule has 1 amide bonds. The maximum Gasteiger partial charge on any atom is 0.278 e. The Morgan fingerprint density at radius 3 is 2.50 bits per heavy atom. The van der Waals surface area contributed by atoms with Crippen molar-refractivity contribution in [3.63, 3.8) is 0 Å². The van der Waals surface area contributed by atoms with Gasteiger partial charge in [-0.3, -0.25) is 14.4 Å². The van der Waals surface area contributed by atoms with E-state index in [4.69, 9.17) is 4.98 Å². The minimum absolute atomic E-state index is 0.0423. The first-order valence-electron chi connectivity index (χ1n) is 9.66. The molecule has 3 rings (SSSR count). The van der Waals surface area contributed by atoms with Crippen molar-refractivity contribution >= 4 is 32.6 Å². The van der Waals surface area contributed by atoms with Crippen LogP contribution in [0, 0.1) is 13.8 Å². The molecule has 0 aliphatic carbocycles. The van der Waals surface area contributed by atoms with E-state index in [9.17, 15) is 4.79 Å². The van der Waals surface area contributed by atoms with Gasteiger partial charge in [0.25, 0.3) is 5.91 Å². The Balaban J connectivity index is 2.02. The Labute approximate surface area is 170 Å². The van der Waals surface area contributed by atoms with Crippen LogP contribution in [0.5, 0.6) is 0 Å². The van der Waals surface area contributed by atoms with Crippen LogP contribution in [0.25, 0.3) is 10.2 Å². The Morgan fingerprint density at radius 2 is 1.86 bits per heavy atom. The van der Waals surface area contributed by atoms with E-state index in [-0.39, 0.29) is 11.9 Å². The second kappa shape index (κ2) is 8.41. The normalized spacial score (nSPS) is 11.7. The van der Waals surface area contributed by atoms with Crippen molar-refractivity contribution in [2.75, 3.05) is 32.1 Å². The Bertz CT molecular complexity index is 933. The molecule has 28 heavy (non-hydrogen) atoms. The topological polar surface area (TPSA) is 54.3 Å². The molecule has 2 heterocycles. The van der Waals surface area contributed by atoms with E-state index in [2.05, 4.69) is 36.0 Å². The summed E-state index contributed by atoms with van der Waals surface area (Å²) < 4.78 is 2.93. The monoisotopic (exact) mass is 399 g/mol. The molecule has 0 aliphatic rings. The van der Waals surface area contributed by atoms with E-state index in [0.717, 1.165) is 33.9 Å². The number of hydrogen-bond donors (Lipinski definition) is 0. The van der Waals surface area contributed by atoms with Gasteiger partial charge in [-0.2, -0.15) is 5.10 Å². The van der Waals surface area contributed by atoms with Gasteiger partial charge in [-0.05, 0) is 71.9 Å². The van der Waals surface area contributed by atoms with Crippen molar-refractivity contribution in [3.8, 4) is 0 Å². The Kier molecular flexibility index (Phi) is 6.15. The summed E-state index contributed by atoms with van der Waals surface area (Å²) in [7, 11) is 4.09. The largest absolute Gasteiger partial charge is 0.309 e. The zero-order valence-corrected chi connectivity index (χ0v) is 18.4. The van der Waals surface area contributed by atoms with Crippen LogP contribution < -0.4 is 4.90 Å². The van der Waals surface area contributed by atoms with E-state index in [1.165, 1.54) is 5.56 Å². The van der Waals surface area contributed by atoms with Gasteiger partial charge in [0, 0.05) is 18.8 Å². The van der Waals surface area contributed by atoms with E-state index in [0.29, 0.717) is 12.2 Å². The Hall–Kier alpha value is -2.25. The summed E-state index contributed by atoms with van der Waals surface area (Å²) in [5.41, 5.74) is 3.92. The number of fused-ring (bicyclic) bond motifs is 1. The van der Waals surface area contributed by atoms with Crippen LogP contribution in [0.2, 0.25) is 0 Å². The molecule has 0 saturated heterocycles. The summed E-state index contributed by atoms with van der Waals surface area (Å²) >= 11 is 1.60. The van der Waals surface area contributed by atoms with Gasteiger partial charge < -0.3 is 4.90 Å². The minimum atomic E-state index is -0.0423. The Morgan fingerprint density at radius 1 is 1.14 bits per heavy atom. The first kappa shape index (κ1) is 20.5. The number of nitrogens with zero attached hydrogens (tertiary/aromatic N) is 5. The molecule has 0 aliphatic heterocycles. The van der Waals surface area contributed by atoms with Crippen LogP contribution in [-0.2, 0) is 0 Å². The van der Waals surface area contributed by atoms with Crippen LogP contribution >= 0.6 is 11.3 Å². The second-order valence-corrected chi connectivity index (χ2v) is 8.72. The van der Waals surface area contributed by atoms with Crippen molar-refractivity contribution in [1.82, 2.24) is 19.7 Å². The number of amides is 1. The molecule has 2 aromatic heterocycles. The summed E-state index contributed by atoms with van der Waals surface area (Å²) in [6.07, 6.45) is 2.57. The second-order valence-electron chi connectivity index (χ2n) is 7.74. The molecule has 1 aromatic carbocycles. The van der Waals surface area contributed by atoms with Gasteiger partial charge in [-0.25, -0.2) is 4.98 Å². The third-order valence-corrected chi connectivity index (χ3v) is 5.99. The average Bonchev–Trinajstić information content (AvgIpc) is 3.29. The molecule has 0 N–H and O–H groups in total. The van der Waals surface area contributed by atoms with Crippen molar-refractivity contribution in [1.29, 1.82) is 0 Å². The number of hydrogen-bond acceptors (Lipinski definition) is 5. The fourth-order valence-electron chi connectivity index (χ4n) is 3.23. The SMILES string of the molecule is Cc1ccc(C)c2sc(N(CCCN(C)C)C(=O)c3ccnn3C(C)C)nc12.